The predicted molar refractivity (Wildman–Crippen MR) is 114 cm³/mol. The first-order valence-electron chi connectivity index (χ1n) is 9.75. The van der Waals surface area contributed by atoms with Crippen LogP contribution in [0.2, 0.25) is 0 Å². The van der Waals surface area contributed by atoms with Crippen LogP contribution >= 0.6 is 0 Å². The van der Waals surface area contributed by atoms with Gasteiger partial charge in [0.05, 0.1) is 0 Å². The molecule has 0 aliphatic rings. The maximum absolute atomic E-state index is 9.64. The van der Waals surface area contributed by atoms with Gasteiger partial charge in [0.2, 0.25) is 0 Å². The fourth-order valence-electron chi connectivity index (χ4n) is 3.55. The smallest absolute Gasteiger partial charge is 0.200 e. The summed E-state index contributed by atoms with van der Waals surface area (Å²) >= 11 is 0. The molecule has 0 saturated heterocycles. The van der Waals surface area contributed by atoms with Crippen molar-refractivity contribution in [3.63, 3.8) is 0 Å². The zero-order valence-corrected chi connectivity index (χ0v) is 16.0. The van der Waals surface area contributed by atoms with Crippen molar-refractivity contribution in [3.8, 4) is 17.2 Å². The first kappa shape index (κ1) is 18.8. The number of phenolic OH excluding ortho intramolecular Hbond substituents is 3. The second-order valence-corrected chi connectivity index (χ2v) is 7.28. The minimum atomic E-state index is -0.484. The molecule has 0 fully saturated rings. The number of rotatable bonds is 6. The Morgan fingerprint density at radius 1 is 0.552 bits per heavy atom. The molecule has 4 aromatic rings. The number of fused-ring (bicyclic) bond motifs is 1. The van der Waals surface area contributed by atoms with Gasteiger partial charge in [-0.25, -0.2) is 0 Å². The molecule has 0 saturated carbocycles. The molecule has 0 spiro atoms. The van der Waals surface area contributed by atoms with Gasteiger partial charge in [0.15, 0.2) is 17.2 Å². The van der Waals surface area contributed by atoms with E-state index in [0.29, 0.717) is 12.8 Å². The molecule has 4 heteroatoms. The molecule has 0 aliphatic carbocycles. The van der Waals surface area contributed by atoms with Gasteiger partial charge in [0, 0.05) is 11.4 Å². The molecule has 1 heterocycles. The van der Waals surface area contributed by atoms with Crippen molar-refractivity contribution in [2.24, 2.45) is 0 Å². The third-order valence-electron chi connectivity index (χ3n) is 5.15. The lowest BCUT2D eigenvalue weighted by atomic mass is 10.0. The standard InChI is InChI=1S/C25H23NO3/c27-23-15-18(16-24(28)25(23)29)10-13-22-7-3-6-21(26-22)12-9-17-8-11-19-4-1-2-5-20(19)14-17/h1-8,11,14-16,27-29H,9-10,12-13H2. The SMILES string of the molecule is Oc1cc(CCc2cccc(CCc3ccc4ccccc4c3)n2)cc(O)c1O. The van der Waals surface area contributed by atoms with E-state index in [-0.39, 0.29) is 11.5 Å². The Morgan fingerprint density at radius 3 is 1.86 bits per heavy atom. The van der Waals surface area contributed by atoms with Crippen molar-refractivity contribution in [1.82, 2.24) is 4.98 Å². The topological polar surface area (TPSA) is 73.6 Å². The van der Waals surface area contributed by atoms with Gasteiger partial charge in [0.25, 0.3) is 0 Å². The maximum atomic E-state index is 9.64. The van der Waals surface area contributed by atoms with Gasteiger partial charge in [-0.15, -0.1) is 0 Å². The average molecular weight is 385 g/mol. The summed E-state index contributed by atoms with van der Waals surface area (Å²) in [6.45, 7) is 0. The number of hydrogen-bond acceptors (Lipinski definition) is 4. The highest BCUT2D eigenvalue weighted by Gasteiger charge is 2.09. The largest absolute Gasteiger partial charge is 0.504 e. The molecule has 29 heavy (non-hydrogen) atoms. The number of aromatic hydroxyl groups is 3. The fourth-order valence-corrected chi connectivity index (χ4v) is 3.55. The summed E-state index contributed by atoms with van der Waals surface area (Å²) in [5, 5.41) is 31.2. The summed E-state index contributed by atoms with van der Waals surface area (Å²) in [6.07, 6.45) is 3.10. The molecule has 1 aromatic heterocycles. The van der Waals surface area contributed by atoms with Gasteiger partial charge in [-0.05, 0) is 71.8 Å². The van der Waals surface area contributed by atoms with Crippen LogP contribution in [0.1, 0.15) is 22.5 Å². The molecule has 4 nitrogen and oxygen atoms in total. The molecule has 0 bridgehead atoms. The summed E-state index contributed by atoms with van der Waals surface area (Å²) in [7, 11) is 0. The van der Waals surface area contributed by atoms with E-state index in [0.717, 1.165) is 29.8 Å². The van der Waals surface area contributed by atoms with Crippen molar-refractivity contribution < 1.29 is 15.3 Å². The Kier molecular flexibility index (Phi) is 5.34. The van der Waals surface area contributed by atoms with Crippen LogP contribution < -0.4 is 0 Å². The Balaban J connectivity index is 1.40. The number of pyridine rings is 1. The Bertz CT molecular complexity index is 1130. The Morgan fingerprint density at radius 2 is 1.17 bits per heavy atom. The van der Waals surface area contributed by atoms with Crippen LogP contribution in [0.4, 0.5) is 0 Å². The highest BCUT2D eigenvalue weighted by atomic mass is 16.3. The monoisotopic (exact) mass is 385 g/mol. The van der Waals surface area contributed by atoms with E-state index in [2.05, 4.69) is 42.5 Å². The highest BCUT2D eigenvalue weighted by Crippen LogP contribution is 2.35. The third-order valence-corrected chi connectivity index (χ3v) is 5.15. The van der Waals surface area contributed by atoms with E-state index in [4.69, 9.17) is 4.98 Å². The van der Waals surface area contributed by atoms with E-state index >= 15 is 0 Å². The van der Waals surface area contributed by atoms with Crippen molar-refractivity contribution in [1.29, 1.82) is 0 Å². The molecule has 3 N–H and O–H groups in total. The fraction of sp³-hybridized carbons (Fsp3) is 0.160. The van der Waals surface area contributed by atoms with E-state index in [1.807, 2.05) is 18.2 Å². The molecule has 3 aromatic carbocycles. The van der Waals surface area contributed by atoms with E-state index in [9.17, 15) is 15.3 Å². The summed E-state index contributed by atoms with van der Waals surface area (Å²) in [4.78, 5) is 4.75. The molecule has 146 valence electrons. The number of benzene rings is 3. The van der Waals surface area contributed by atoms with Crippen molar-refractivity contribution in [2.45, 2.75) is 25.7 Å². The predicted octanol–water partition coefficient (Wildman–Crippen LogP) is 4.92. The molecular formula is C25H23NO3. The quantitative estimate of drug-likeness (QED) is 0.412. The van der Waals surface area contributed by atoms with Gasteiger partial charge >= 0.3 is 0 Å². The molecule has 0 unspecified atom stereocenters. The van der Waals surface area contributed by atoms with Crippen LogP contribution in [0.15, 0.2) is 72.8 Å². The van der Waals surface area contributed by atoms with E-state index < -0.39 is 5.75 Å². The van der Waals surface area contributed by atoms with E-state index in [1.165, 1.54) is 28.5 Å². The van der Waals surface area contributed by atoms with Crippen LogP contribution in [0.25, 0.3) is 10.8 Å². The minimum absolute atomic E-state index is 0.308. The van der Waals surface area contributed by atoms with E-state index in [1.54, 1.807) is 0 Å². The van der Waals surface area contributed by atoms with Crippen molar-refractivity contribution in [3.05, 3.63) is 95.3 Å². The number of nitrogens with zero attached hydrogens (tertiary/aromatic N) is 1. The second-order valence-electron chi connectivity index (χ2n) is 7.28. The lowest BCUT2D eigenvalue weighted by Crippen LogP contribution is -2.00. The maximum Gasteiger partial charge on any atom is 0.200 e. The number of phenols is 3. The minimum Gasteiger partial charge on any atom is -0.504 e. The first-order valence-corrected chi connectivity index (χ1v) is 9.75. The molecule has 0 amide bonds. The van der Waals surface area contributed by atoms with Crippen LogP contribution in [0.5, 0.6) is 17.2 Å². The summed E-state index contributed by atoms with van der Waals surface area (Å²) in [5.74, 6) is -1.10. The zero-order valence-electron chi connectivity index (χ0n) is 16.0. The highest BCUT2D eigenvalue weighted by molar-refractivity contribution is 5.82. The van der Waals surface area contributed by atoms with Crippen LogP contribution in [-0.2, 0) is 25.7 Å². The number of aromatic nitrogens is 1. The van der Waals surface area contributed by atoms with Crippen molar-refractivity contribution >= 4 is 10.8 Å². The summed E-state index contributed by atoms with van der Waals surface area (Å²) in [5.41, 5.74) is 4.06. The van der Waals surface area contributed by atoms with Crippen LogP contribution in [0.3, 0.4) is 0 Å². The summed E-state index contributed by atoms with van der Waals surface area (Å²) in [6, 6.07) is 23.9. The lowest BCUT2D eigenvalue weighted by molar-refractivity contribution is 0.367. The van der Waals surface area contributed by atoms with Crippen LogP contribution in [0, 0.1) is 0 Å². The molecule has 0 aliphatic heterocycles. The van der Waals surface area contributed by atoms with Gasteiger partial charge < -0.3 is 15.3 Å². The zero-order chi connectivity index (χ0) is 20.2. The van der Waals surface area contributed by atoms with Gasteiger partial charge in [0.1, 0.15) is 0 Å². The average Bonchev–Trinajstić information content (AvgIpc) is 2.74. The second kappa shape index (κ2) is 8.23. The van der Waals surface area contributed by atoms with Crippen LogP contribution in [-0.4, -0.2) is 20.3 Å². The molecule has 0 radical (unpaired) electrons. The Labute approximate surface area is 169 Å². The lowest BCUT2D eigenvalue weighted by Gasteiger charge is -2.08. The molecular weight excluding hydrogens is 362 g/mol. The van der Waals surface area contributed by atoms with Gasteiger partial charge in [-0.3, -0.25) is 4.98 Å². The summed E-state index contributed by atoms with van der Waals surface area (Å²) < 4.78 is 0. The normalized spacial score (nSPS) is 11.0. The Hall–Kier alpha value is -3.53. The van der Waals surface area contributed by atoms with Crippen molar-refractivity contribution in [2.75, 3.05) is 0 Å². The van der Waals surface area contributed by atoms with Gasteiger partial charge in [-0.2, -0.15) is 0 Å². The number of aryl methyl sites for hydroxylation is 4. The molecule has 0 atom stereocenters. The molecule has 4 rings (SSSR count). The third kappa shape index (κ3) is 4.49. The van der Waals surface area contributed by atoms with Gasteiger partial charge in [-0.1, -0.05) is 48.5 Å². The first-order chi connectivity index (χ1) is 14.1. The number of hydrogen-bond donors (Lipinski definition) is 3.